The van der Waals surface area contributed by atoms with Crippen LogP contribution in [0.4, 0.5) is 0 Å². The predicted molar refractivity (Wildman–Crippen MR) is 93.4 cm³/mol. The second-order valence-corrected chi connectivity index (χ2v) is 6.01. The van der Waals surface area contributed by atoms with Gasteiger partial charge in [0.25, 0.3) is 0 Å². The van der Waals surface area contributed by atoms with Crippen molar-refractivity contribution >= 4 is 5.91 Å². The number of ether oxygens (including phenoxy) is 3. The molecule has 24 heavy (non-hydrogen) atoms. The highest BCUT2D eigenvalue weighted by molar-refractivity contribution is 5.77. The first kappa shape index (κ1) is 18.3. The van der Waals surface area contributed by atoms with Crippen LogP contribution in [0, 0.1) is 5.92 Å². The van der Waals surface area contributed by atoms with E-state index < -0.39 is 0 Å². The Hall–Kier alpha value is -2.01. The summed E-state index contributed by atoms with van der Waals surface area (Å²) >= 11 is 0. The maximum atomic E-state index is 12.2. The maximum absolute atomic E-state index is 12.2. The molecule has 0 radical (unpaired) electrons. The van der Waals surface area contributed by atoms with Gasteiger partial charge in [-0.15, -0.1) is 0 Å². The van der Waals surface area contributed by atoms with Crippen molar-refractivity contribution in [1.29, 1.82) is 0 Å². The first-order chi connectivity index (χ1) is 11.6. The molecule has 2 atom stereocenters. The fourth-order valence-corrected chi connectivity index (χ4v) is 2.79. The lowest BCUT2D eigenvalue weighted by Crippen LogP contribution is -2.27. The van der Waals surface area contributed by atoms with Crippen LogP contribution < -0.4 is 14.8 Å². The average Bonchev–Trinajstić information content (AvgIpc) is 3.07. The van der Waals surface area contributed by atoms with Crippen molar-refractivity contribution in [3.63, 3.8) is 0 Å². The summed E-state index contributed by atoms with van der Waals surface area (Å²) in [5, 5.41) is 3.06. The SMILES string of the molecule is COCCOc1ccc([C@H](C)NC(=O)C[C@@H]2C=CCC2)cc1OC. The summed E-state index contributed by atoms with van der Waals surface area (Å²) in [5.41, 5.74) is 0.987. The molecular weight excluding hydrogens is 306 g/mol. The number of methoxy groups -OCH3 is 2. The number of rotatable bonds is 9. The number of hydrogen-bond donors (Lipinski definition) is 1. The standard InChI is InChI=1S/C19H27NO4/c1-14(20-19(21)12-15-6-4-5-7-15)16-8-9-17(18(13-16)23-3)24-11-10-22-2/h4,6,8-9,13-15H,5,7,10-12H2,1-3H3,(H,20,21)/t14-,15+/m0/s1. The zero-order chi connectivity index (χ0) is 17.4. The highest BCUT2D eigenvalue weighted by Gasteiger charge is 2.17. The Kier molecular flexibility index (Phi) is 7.12. The van der Waals surface area contributed by atoms with Crippen molar-refractivity contribution in [3.05, 3.63) is 35.9 Å². The van der Waals surface area contributed by atoms with Crippen LogP contribution in [0.5, 0.6) is 11.5 Å². The topological polar surface area (TPSA) is 56.8 Å². The number of carbonyl (C=O) groups excluding carboxylic acids is 1. The Bertz CT molecular complexity index is 570. The Morgan fingerprint density at radius 1 is 1.29 bits per heavy atom. The van der Waals surface area contributed by atoms with Crippen LogP contribution in [0.1, 0.15) is 37.8 Å². The van der Waals surface area contributed by atoms with Gasteiger partial charge in [0.05, 0.1) is 19.8 Å². The molecule has 1 aliphatic carbocycles. The summed E-state index contributed by atoms with van der Waals surface area (Å²) in [5.74, 6) is 1.79. The summed E-state index contributed by atoms with van der Waals surface area (Å²) in [4.78, 5) is 12.2. The highest BCUT2D eigenvalue weighted by atomic mass is 16.5. The fraction of sp³-hybridized carbons (Fsp3) is 0.526. The smallest absolute Gasteiger partial charge is 0.221 e. The van der Waals surface area contributed by atoms with Crippen molar-refractivity contribution in [3.8, 4) is 11.5 Å². The molecule has 0 fully saturated rings. The fourth-order valence-electron chi connectivity index (χ4n) is 2.79. The molecule has 0 spiro atoms. The molecule has 132 valence electrons. The molecule has 1 aromatic carbocycles. The minimum atomic E-state index is -0.0789. The van der Waals surface area contributed by atoms with Crippen LogP contribution in [0.15, 0.2) is 30.4 Å². The Balaban J connectivity index is 1.94. The van der Waals surface area contributed by atoms with Gasteiger partial charge in [-0.2, -0.15) is 0 Å². The van der Waals surface area contributed by atoms with Crippen LogP contribution in [0.25, 0.3) is 0 Å². The number of allylic oxidation sites excluding steroid dienone is 2. The third-order valence-corrected chi connectivity index (χ3v) is 4.17. The van der Waals surface area contributed by atoms with Gasteiger partial charge in [0.2, 0.25) is 5.91 Å². The van der Waals surface area contributed by atoms with Gasteiger partial charge in [-0.3, -0.25) is 4.79 Å². The molecule has 0 saturated carbocycles. The van der Waals surface area contributed by atoms with E-state index in [2.05, 4.69) is 17.5 Å². The van der Waals surface area contributed by atoms with E-state index in [1.54, 1.807) is 14.2 Å². The normalized spacial score (nSPS) is 17.5. The van der Waals surface area contributed by atoms with Gasteiger partial charge in [-0.25, -0.2) is 0 Å². The van der Waals surface area contributed by atoms with Gasteiger partial charge in [0.1, 0.15) is 6.61 Å². The lowest BCUT2D eigenvalue weighted by atomic mass is 10.0. The summed E-state index contributed by atoms with van der Waals surface area (Å²) in [7, 11) is 3.24. The zero-order valence-corrected chi connectivity index (χ0v) is 14.7. The molecule has 1 N–H and O–H groups in total. The zero-order valence-electron chi connectivity index (χ0n) is 14.7. The number of amides is 1. The van der Waals surface area contributed by atoms with E-state index in [0.29, 0.717) is 37.1 Å². The van der Waals surface area contributed by atoms with Gasteiger partial charge < -0.3 is 19.5 Å². The number of hydrogen-bond acceptors (Lipinski definition) is 4. The van der Waals surface area contributed by atoms with E-state index in [1.807, 2.05) is 25.1 Å². The van der Waals surface area contributed by atoms with Gasteiger partial charge in [0.15, 0.2) is 11.5 Å². The average molecular weight is 333 g/mol. The van der Waals surface area contributed by atoms with Gasteiger partial charge >= 0.3 is 0 Å². The molecule has 0 heterocycles. The van der Waals surface area contributed by atoms with Crippen molar-refractivity contribution in [2.24, 2.45) is 5.92 Å². The molecule has 0 unspecified atom stereocenters. The predicted octanol–water partition coefficient (Wildman–Crippen LogP) is 3.25. The monoisotopic (exact) mass is 333 g/mol. The number of nitrogens with one attached hydrogen (secondary N) is 1. The molecule has 2 rings (SSSR count). The first-order valence-electron chi connectivity index (χ1n) is 8.39. The highest BCUT2D eigenvalue weighted by Crippen LogP contribution is 2.30. The molecule has 1 aliphatic rings. The van der Waals surface area contributed by atoms with Gasteiger partial charge in [0, 0.05) is 13.5 Å². The maximum Gasteiger partial charge on any atom is 0.221 e. The van der Waals surface area contributed by atoms with E-state index >= 15 is 0 Å². The van der Waals surface area contributed by atoms with Crippen LogP contribution >= 0.6 is 0 Å². The minimum absolute atomic E-state index is 0.0789. The Morgan fingerprint density at radius 3 is 2.79 bits per heavy atom. The third kappa shape index (κ3) is 5.27. The third-order valence-electron chi connectivity index (χ3n) is 4.17. The second-order valence-electron chi connectivity index (χ2n) is 6.01. The molecule has 1 aromatic rings. The molecular formula is C19H27NO4. The van der Waals surface area contributed by atoms with Crippen molar-refractivity contribution in [2.75, 3.05) is 27.4 Å². The summed E-state index contributed by atoms with van der Waals surface area (Å²) in [6, 6.07) is 5.64. The molecule has 0 aliphatic heterocycles. The van der Waals surface area contributed by atoms with E-state index in [9.17, 15) is 4.79 Å². The van der Waals surface area contributed by atoms with Crippen LogP contribution in [-0.4, -0.2) is 33.3 Å². The molecule has 5 nitrogen and oxygen atoms in total. The Labute approximate surface area is 144 Å². The van der Waals surface area contributed by atoms with Crippen molar-refractivity contribution in [1.82, 2.24) is 5.32 Å². The minimum Gasteiger partial charge on any atom is -0.493 e. The van der Waals surface area contributed by atoms with Crippen molar-refractivity contribution < 1.29 is 19.0 Å². The molecule has 1 amide bonds. The van der Waals surface area contributed by atoms with Gasteiger partial charge in [-0.1, -0.05) is 18.2 Å². The first-order valence-corrected chi connectivity index (χ1v) is 8.39. The number of carbonyl (C=O) groups is 1. The van der Waals surface area contributed by atoms with E-state index in [0.717, 1.165) is 18.4 Å². The van der Waals surface area contributed by atoms with E-state index in [1.165, 1.54) is 0 Å². The van der Waals surface area contributed by atoms with E-state index in [-0.39, 0.29) is 11.9 Å². The van der Waals surface area contributed by atoms with Gasteiger partial charge in [-0.05, 0) is 43.4 Å². The second kappa shape index (κ2) is 9.33. The lowest BCUT2D eigenvalue weighted by molar-refractivity contribution is -0.122. The van der Waals surface area contributed by atoms with Crippen LogP contribution in [-0.2, 0) is 9.53 Å². The van der Waals surface area contributed by atoms with Crippen LogP contribution in [0.2, 0.25) is 0 Å². The summed E-state index contributed by atoms with van der Waals surface area (Å²) in [6.45, 7) is 2.96. The lowest BCUT2D eigenvalue weighted by Gasteiger charge is -2.18. The Morgan fingerprint density at radius 2 is 2.12 bits per heavy atom. The summed E-state index contributed by atoms with van der Waals surface area (Å²) in [6.07, 6.45) is 6.99. The summed E-state index contributed by atoms with van der Waals surface area (Å²) < 4.78 is 16.0. The van der Waals surface area contributed by atoms with Crippen molar-refractivity contribution in [2.45, 2.75) is 32.2 Å². The molecule has 0 aromatic heterocycles. The molecule has 0 bridgehead atoms. The number of benzene rings is 1. The quantitative estimate of drug-likeness (QED) is 0.557. The molecule has 0 saturated heterocycles. The van der Waals surface area contributed by atoms with Crippen LogP contribution in [0.3, 0.4) is 0 Å². The molecule has 5 heteroatoms. The largest absolute Gasteiger partial charge is 0.493 e. The van der Waals surface area contributed by atoms with E-state index in [4.69, 9.17) is 14.2 Å².